The molecule has 1 saturated carbocycles. The Morgan fingerprint density at radius 2 is 1.74 bits per heavy atom. The lowest BCUT2D eigenvalue weighted by atomic mass is 10.0. The Hall–Kier alpha value is -1.84. The van der Waals surface area contributed by atoms with Gasteiger partial charge >= 0.3 is 0 Å². The number of carbonyl (C=O) groups excluding carboxylic acids is 1. The van der Waals surface area contributed by atoms with Gasteiger partial charge in [0.2, 0.25) is 5.91 Å². The Bertz CT molecular complexity index is 670. The zero-order chi connectivity index (χ0) is 16.2. The quantitative estimate of drug-likeness (QED) is 0.841. The van der Waals surface area contributed by atoms with Crippen LogP contribution in [0, 0.1) is 0 Å². The predicted molar refractivity (Wildman–Crippen MR) is 93.4 cm³/mol. The van der Waals surface area contributed by atoms with Crippen molar-refractivity contribution in [3.8, 4) is 0 Å². The van der Waals surface area contributed by atoms with Gasteiger partial charge in [-0.25, -0.2) is 0 Å². The van der Waals surface area contributed by atoms with Gasteiger partial charge in [0.05, 0.1) is 0 Å². The Morgan fingerprint density at radius 1 is 1.09 bits per heavy atom. The molecule has 23 heavy (non-hydrogen) atoms. The van der Waals surface area contributed by atoms with Crippen molar-refractivity contribution >= 4 is 17.5 Å². The minimum absolute atomic E-state index is 0.0256. The summed E-state index contributed by atoms with van der Waals surface area (Å²) < 4.78 is 0. The maximum Gasteiger partial charge on any atom is 0.241 e. The number of benzene rings is 2. The SMILES string of the molecule is C[C@@H](N[C@@H](C(=O)NC1CC1)c1ccccc1)c1ccccc1Cl. The van der Waals surface area contributed by atoms with Gasteiger partial charge in [-0.3, -0.25) is 10.1 Å². The minimum Gasteiger partial charge on any atom is -0.352 e. The average Bonchev–Trinajstić information content (AvgIpc) is 3.37. The molecule has 0 spiro atoms. The van der Waals surface area contributed by atoms with Crippen molar-refractivity contribution in [2.24, 2.45) is 0 Å². The third kappa shape index (κ3) is 4.12. The standard InChI is InChI=1S/C19H21ClN2O/c1-13(16-9-5-6-10-17(16)20)21-18(14-7-3-2-4-8-14)19(23)22-15-11-12-15/h2-10,13,15,18,21H,11-12H2,1H3,(H,22,23)/t13-,18-/m1/s1. The summed E-state index contributed by atoms with van der Waals surface area (Å²) in [4.78, 5) is 12.6. The van der Waals surface area contributed by atoms with E-state index in [1.165, 1.54) is 0 Å². The Kier molecular flexibility index (Phi) is 4.99. The maximum atomic E-state index is 12.6. The smallest absolute Gasteiger partial charge is 0.241 e. The topological polar surface area (TPSA) is 41.1 Å². The van der Waals surface area contributed by atoms with Gasteiger partial charge in [0.25, 0.3) is 0 Å². The van der Waals surface area contributed by atoms with Crippen LogP contribution in [0.5, 0.6) is 0 Å². The molecule has 0 bridgehead atoms. The Labute approximate surface area is 142 Å². The van der Waals surface area contributed by atoms with E-state index in [9.17, 15) is 4.79 Å². The molecule has 1 aliphatic rings. The van der Waals surface area contributed by atoms with Gasteiger partial charge in [0.15, 0.2) is 0 Å². The normalized spacial score (nSPS) is 16.6. The van der Waals surface area contributed by atoms with Gasteiger partial charge in [-0.1, -0.05) is 60.1 Å². The number of carbonyl (C=O) groups is 1. The van der Waals surface area contributed by atoms with Crippen LogP contribution >= 0.6 is 11.6 Å². The molecule has 0 radical (unpaired) electrons. The van der Waals surface area contributed by atoms with E-state index in [2.05, 4.69) is 10.6 Å². The van der Waals surface area contributed by atoms with Crippen LogP contribution in [0.1, 0.15) is 43.0 Å². The van der Waals surface area contributed by atoms with Gasteiger partial charge in [-0.05, 0) is 37.0 Å². The van der Waals surface area contributed by atoms with Crippen LogP contribution in [0.3, 0.4) is 0 Å². The lowest BCUT2D eigenvalue weighted by Gasteiger charge is -2.24. The first kappa shape index (κ1) is 16.0. The molecule has 4 heteroatoms. The first-order valence-corrected chi connectivity index (χ1v) is 8.39. The van der Waals surface area contributed by atoms with E-state index in [1.54, 1.807) is 0 Å². The second-order valence-corrected chi connectivity index (χ2v) is 6.44. The Morgan fingerprint density at radius 3 is 2.39 bits per heavy atom. The van der Waals surface area contributed by atoms with E-state index in [1.807, 2.05) is 61.5 Å². The summed E-state index contributed by atoms with van der Waals surface area (Å²) in [6.07, 6.45) is 2.15. The molecule has 2 N–H and O–H groups in total. The second-order valence-electron chi connectivity index (χ2n) is 6.04. The molecule has 1 aliphatic carbocycles. The monoisotopic (exact) mass is 328 g/mol. The lowest BCUT2D eigenvalue weighted by Crippen LogP contribution is -2.39. The van der Waals surface area contributed by atoms with Crippen molar-refractivity contribution in [3.63, 3.8) is 0 Å². The van der Waals surface area contributed by atoms with Gasteiger partial charge in [-0.2, -0.15) is 0 Å². The summed E-state index contributed by atoms with van der Waals surface area (Å²) in [6, 6.07) is 17.5. The zero-order valence-corrected chi connectivity index (χ0v) is 13.9. The average molecular weight is 329 g/mol. The van der Waals surface area contributed by atoms with Crippen LogP contribution in [0.25, 0.3) is 0 Å². The second kappa shape index (κ2) is 7.16. The van der Waals surface area contributed by atoms with E-state index in [0.717, 1.165) is 24.0 Å². The van der Waals surface area contributed by atoms with E-state index in [4.69, 9.17) is 11.6 Å². The van der Waals surface area contributed by atoms with E-state index >= 15 is 0 Å². The zero-order valence-electron chi connectivity index (χ0n) is 13.1. The van der Waals surface area contributed by atoms with Crippen LogP contribution in [-0.4, -0.2) is 11.9 Å². The first-order chi connectivity index (χ1) is 11.1. The summed E-state index contributed by atoms with van der Waals surface area (Å²) in [5.74, 6) is 0.0256. The van der Waals surface area contributed by atoms with Crippen molar-refractivity contribution < 1.29 is 4.79 Å². The number of hydrogen-bond donors (Lipinski definition) is 2. The molecule has 0 heterocycles. The molecule has 3 nitrogen and oxygen atoms in total. The van der Waals surface area contributed by atoms with Crippen LogP contribution in [0.4, 0.5) is 0 Å². The van der Waals surface area contributed by atoms with Crippen molar-refractivity contribution in [1.82, 2.24) is 10.6 Å². The van der Waals surface area contributed by atoms with E-state index in [0.29, 0.717) is 11.1 Å². The van der Waals surface area contributed by atoms with Crippen LogP contribution in [-0.2, 0) is 4.79 Å². The molecule has 1 fully saturated rings. The highest BCUT2D eigenvalue weighted by atomic mass is 35.5. The van der Waals surface area contributed by atoms with Crippen molar-refractivity contribution in [3.05, 3.63) is 70.7 Å². The largest absolute Gasteiger partial charge is 0.352 e. The third-order valence-electron chi connectivity index (χ3n) is 4.11. The van der Waals surface area contributed by atoms with Crippen LogP contribution in [0.15, 0.2) is 54.6 Å². The maximum absolute atomic E-state index is 12.6. The molecule has 0 aromatic heterocycles. The highest BCUT2D eigenvalue weighted by Crippen LogP contribution is 2.26. The van der Waals surface area contributed by atoms with Gasteiger partial charge in [0.1, 0.15) is 6.04 Å². The molecule has 0 unspecified atom stereocenters. The van der Waals surface area contributed by atoms with Crippen molar-refractivity contribution in [2.75, 3.05) is 0 Å². The summed E-state index contributed by atoms with van der Waals surface area (Å²) in [7, 11) is 0. The molecule has 1 amide bonds. The predicted octanol–water partition coefficient (Wildman–Crippen LogP) is 4.01. The van der Waals surface area contributed by atoms with Crippen molar-refractivity contribution in [1.29, 1.82) is 0 Å². The fraction of sp³-hybridized carbons (Fsp3) is 0.316. The third-order valence-corrected chi connectivity index (χ3v) is 4.45. The van der Waals surface area contributed by atoms with E-state index < -0.39 is 0 Å². The minimum atomic E-state index is -0.386. The van der Waals surface area contributed by atoms with Gasteiger partial charge in [0, 0.05) is 17.1 Å². The lowest BCUT2D eigenvalue weighted by molar-refractivity contribution is -0.123. The van der Waals surface area contributed by atoms with Crippen LogP contribution < -0.4 is 10.6 Å². The molecule has 0 saturated heterocycles. The van der Waals surface area contributed by atoms with Gasteiger partial charge in [-0.15, -0.1) is 0 Å². The number of nitrogens with one attached hydrogen (secondary N) is 2. The first-order valence-electron chi connectivity index (χ1n) is 8.01. The summed E-state index contributed by atoms with van der Waals surface area (Å²) in [5.41, 5.74) is 1.96. The summed E-state index contributed by atoms with van der Waals surface area (Å²) in [5, 5.41) is 7.23. The van der Waals surface area contributed by atoms with Crippen LogP contribution in [0.2, 0.25) is 5.02 Å². The molecular formula is C19H21ClN2O. The molecule has 2 atom stereocenters. The van der Waals surface area contributed by atoms with Crippen molar-refractivity contribution in [2.45, 2.75) is 37.9 Å². The number of hydrogen-bond acceptors (Lipinski definition) is 2. The molecule has 0 aliphatic heterocycles. The molecular weight excluding hydrogens is 308 g/mol. The number of amides is 1. The highest BCUT2D eigenvalue weighted by Gasteiger charge is 2.29. The number of rotatable bonds is 6. The fourth-order valence-corrected chi connectivity index (χ4v) is 2.95. The fourth-order valence-electron chi connectivity index (χ4n) is 2.65. The Balaban J connectivity index is 1.80. The molecule has 2 aromatic carbocycles. The molecule has 3 rings (SSSR count). The summed E-state index contributed by atoms with van der Waals surface area (Å²) >= 11 is 6.28. The molecule has 120 valence electrons. The summed E-state index contributed by atoms with van der Waals surface area (Å²) in [6.45, 7) is 2.03. The highest BCUT2D eigenvalue weighted by molar-refractivity contribution is 6.31. The molecule has 2 aromatic rings. The van der Waals surface area contributed by atoms with Gasteiger partial charge < -0.3 is 5.32 Å². The number of halogens is 1. The van der Waals surface area contributed by atoms with E-state index in [-0.39, 0.29) is 18.0 Å².